The summed E-state index contributed by atoms with van der Waals surface area (Å²) in [6, 6.07) is 4.38. The first-order valence-electron chi connectivity index (χ1n) is 9.11. The van der Waals surface area contributed by atoms with Crippen molar-refractivity contribution in [3.63, 3.8) is 0 Å². The molecular formula is C18H27NO3. The lowest BCUT2D eigenvalue weighted by Gasteiger charge is -2.08. The molecule has 4 nitrogen and oxygen atoms in total. The predicted molar refractivity (Wildman–Crippen MR) is 89.0 cm³/mol. The molecule has 0 aromatic heterocycles. The summed E-state index contributed by atoms with van der Waals surface area (Å²) >= 11 is 0. The molecular weight excluding hydrogens is 278 g/mol. The molecule has 0 heterocycles. The number of benzene rings is 1. The van der Waals surface area contributed by atoms with E-state index >= 15 is 0 Å². The lowest BCUT2D eigenvalue weighted by Crippen LogP contribution is -2.22. The zero-order valence-corrected chi connectivity index (χ0v) is 13.3. The Morgan fingerprint density at radius 1 is 1.45 bits per heavy atom. The van der Waals surface area contributed by atoms with Crippen molar-refractivity contribution in [3.8, 4) is 11.5 Å². The van der Waals surface area contributed by atoms with E-state index in [4.69, 9.17) is 8.85 Å². The second-order valence-electron chi connectivity index (χ2n) is 5.60. The maximum absolute atomic E-state index is 11.8. The van der Waals surface area contributed by atoms with E-state index in [0.29, 0.717) is 17.9 Å². The molecule has 4 heteroatoms. The molecule has 0 spiro atoms. The van der Waals surface area contributed by atoms with Crippen molar-refractivity contribution < 1.29 is 18.8 Å². The van der Waals surface area contributed by atoms with Crippen LogP contribution in [0.5, 0.6) is 11.5 Å². The molecule has 1 rings (SSSR count). The molecule has 0 saturated carbocycles. The molecule has 0 saturated heterocycles. The minimum Gasteiger partial charge on any atom is -0.504 e. The van der Waals surface area contributed by atoms with Crippen molar-refractivity contribution in [1.29, 1.82) is 0 Å². The fourth-order valence-corrected chi connectivity index (χ4v) is 1.96. The van der Waals surface area contributed by atoms with Gasteiger partial charge in [0.1, 0.15) is 0 Å². The first-order chi connectivity index (χ1) is 11.7. The number of carbonyl (C=O) groups is 1. The Kier molecular flexibility index (Phi) is 6.14. The Morgan fingerprint density at radius 3 is 3.00 bits per heavy atom. The third-order valence-electron chi connectivity index (χ3n) is 3.17. The predicted octanol–water partition coefficient (Wildman–Crippen LogP) is 3.79. The largest absolute Gasteiger partial charge is 0.504 e. The maximum Gasteiger partial charge on any atom is 0.220 e. The van der Waals surface area contributed by atoms with Crippen molar-refractivity contribution >= 4 is 5.91 Å². The molecule has 0 unspecified atom stereocenters. The number of phenolic OH excluding ortho intramolecular Hbond substituents is 1. The molecule has 2 N–H and O–H groups in total. The number of allylic oxidation sites excluding steroid dienone is 2. The molecule has 1 amide bonds. The summed E-state index contributed by atoms with van der Waals surface area (Å²) in [5.74, 6) is 0.122. The highest BCUT2D eigenvalue weighted by atomic mass is 16.5. The van der Waals surface area contributed by atoms with Crippen molar-refractivity contribution in [3.05, 3.63) is 35.9 Å². The molecule has 0 aliphatic carbocycles. The number of aromatic hydroxyl groups is 1. The lowest BCUT2D eigenvalue weighted by atomic mass is 10.1. The van der Waals surface area contributed by atoms with Crippen LogP contribution in [0, 0.1) is 5.92 Å². The molecule has 22 heavy (non-hydrogen) atoms. The fourth-order valence-electron chi connectivity index (χ4n) is 1.96. The van der Waals surface area contributed by atoms with Crippen LogP contribution in [0.4, 0.5) is 0 Å². The van der Waals surface area contributed by atoms with Crippen LogP contribution < -0.4 is 10.1 Å². The average Bonchev–Trinajstić information content (AvgIpc) is 2.50. The van der Waals surface area contributed by atoms with Gasteiger partial charge in [-0.1, -0.05) is 32.1 Å². The SMILES string of the molecule is [2H]C([2H])([2H])Oc1cc(CNC(=O)CCCCC=CC(C)C)ccc1O. The number of amides is 1. The Balaban J connectivity index is 2.37. The second-order valence-corrected chi connectivity index (χ2v) is 5.60. The van der Waals surface area contributed by atoms with Crippen molar-refractivity contribution in [2.75, 3.05) is 7.04 Å². The summed E-state index contributed by atoms with van der Waals surface area (Å²) in [6.45, 7) is 4.51. The molecule has 1 aromatic rings. The van der Waals surface area contributed by atoms with Gasteiger partial charge in [-0.25, -0.2) is 0 Å². The van der Waals surface area contributed by atoms with E-state index in [1.54, 1.807) is 6.07 Å². The van der Waals surface area contributed by atoms with Crippen LogP contribution in [-0.4, -0.2) is 18.1 Å². The van der Waals surface area contributed by atoms with Crippen molar-refractivity contribution in [2.24, 2.45) is 5.92 Å². The number of nitrogens with one attached hydrogen (secondary N) is 1. The van der Waals surface area contributed by atoms with E-state index in [9.17, 15) is 9.90 Å². The molecule has 0 bridgehead atoms. The summed E-state index contributed by atoms with van der Waals surface area (Å²) < 4.78 is 26.0. The highest BCUT2D eigenvalue weighted by molar-refractivity contribution is 5.75. The fraction of sp³-hybridized carbons (Fsp3) is 0.500. The topological polar surface area (TPSA) is 58.6 Å². The standard InChI is InChI=1S/C18H27NO3/c1-14(2)8-6-4-5-7-9-18(21)19-13-15-10-11-16(20)17(12-15)22-3/h6,8,10-12,14,20H,4-5,7,9,13H2,1-3H3,(H,19,21)/i3D3. The zero-order valence-electron chi connectivity index (χ0n) is 16.3. The molecule has 0 aliphatic heterocycles. The van der Waals surface area contributed by atoms with Gasteiger partial charge in [-0.3, -0.25) is 4.79 Å². The summed E-state index contributed by atoms with van der Waals surface area (Å²) in [5, 5.41) is 12.4. The Hall–Kier alpha value is -1.97. The van der Waals surface area contributed by atoms with Gasteiger partial charge in [0.2, 0.25) is 5.91 Å². The third kappa shape index (κ3) is 7.16. The van der Waals surface area contributed by atoms with E-state index in [1.807, 2.05) is 0 Å². The summed E-state index contributed by atoms with van der Waals surface area (Å²) in [4.78, 5) is 11.8. The molecule has 0 atom stereocenters. The first kappa shape index (κ1) is 13.7. The molecule has 122 valence electrons. The number of methoxy groups -OCH3 is 1. The highest BCUT2D eigenvalue weighted by Crippen LogP contribution is 2.26. The molecule has 0 fully saturated rings. The first-order valence-corrected chi connectivity index (χ1v) is 7.61. The zero-order chi connectivity index (χ0) is 18.9. The van der Waals surface area contributed by atoms with Gasteiger partial charge < -0.3 is 15.2 Å². The summed E-state index contributed by atoms with van der Waals surface area (Å²) in [7, 11) is -2.64. The molecule has 0 aliphatic rings. The van der Waals surface area contributed by atoms with Crippen LogP contribution in [0.1, 0.15) is 49.2 Å². The minimum absolute atomic E-state index is 0.0563. The van der Waals surface area contributed by atoms with Crippen LogP contribution in [0.2, 0.25) is 0 Å². The molecule has 0 radical (unpaired) electrons. The number of unbranched alkanes of at least 4 members (excludes halogenated alkanes) is 2. The van der Waals surface area contributed by atoms with E-state index < -0.39 is 7.04 Å². The Morgan fingerprint density at radius 2 is 2.27 bits per heavy atom. The van der Waals surface area contributed by atoms with Crippen LogP contribution in [0.3, 0.4) is 0 Å². The van der Waals surface area contributed by atoms with Gasteiger partial charge >= 0.3 is 0 Å². The smallest absolute Gasteiger partial charge is 0.220 e. The average molecular weight is 308 g/mol. The summed E-state index contributed by atoms with van der Waals surface area (Å²) in [5.41, 5.74) is 0.658. The summed E-state index contributed by atoms with van der Waals surface area (Å²) in [6.07, 6.45) is 7.50. The van der Waals surface area contributed by atoms with Gasteiger partial charge in [0.25, 0.3) is 0 Å². The van der Waals surface area contributed by atoms with Gasteiger partial charge in [0.05, 0.1) is 11.2 Å². The van der Waals surface area contributed by atoms with Crippen molar-refractivity contribution in [2.45, 2.75) is 46.1 Å². The van der Waals surface area contributed by atoms with Crippen molar-refractivity contribution in [1.82, 2.24) is 5.32 Å². The van der Waals surface area contributed by atoms with Gasteiger partial charge in [-0.05, 0) is 42.9 Å². The van der Waals surface area contributed by atoms with E-state index in [1.165, 1.54) is 12.1 Å². The van der Waals surface area contributed by atoms with Crippen LogP contribution in [0.25, 0.3) is 0 Å². The second kappa shape index (κ2) is 9.87. The Labute approximate surface area is 137 Å². The van der Waals surface area contributed by atoms with Gasteiger partial charge in [-0.2, -0.15) is 0 Å². The Bertz CT molecular complexity index is 583. The van der Waals surface area contributed by atoms with Gasteiger partial charge in [-0.15, -0.1) is 0 Å². The monoisotopic (exact) mass is 308 g/mol. The van der Waals surface area contributed by atoms with Crippen LogP contribution in [0.15, 0.2) is 30.4 Å². The van der Waals surface area contributed by atoms with Gasteiger partial charge in [0.15, 0.2) is 11.5 Å². The third-order valence-corrected chi connectivity index (χ3v) is 3.17. The maximum atomic E-state index is 11.8. The quantitative estimate of drug-likeness (QED) is 0.539. The normalized spacial score (nSPS) is 13.7. The molecule has 1 aromatic carbocycles. The number of ether oxygens (including phenoxy) is 1. The van der Waals surface area contributed by atoms with Crippen LogP contribution >= 0.6 is 0 Å². The number of hydrogen-bond acceptors (Lipinski definition) is 3. The van der Waals surface area contributed by atoms with Gasteiger partial charge in [0, 0.05) is 13.0 Å². The number of rotatable bonds is 9. The van der Waals surface area contributed by atoms with E-state index in [-0.39, 0.29) is 24.0 Å². The number of phenols is 1. The highest BCUT2D eigenvalue weighted by Gasteiger charge is 2.04. The van der Waals surface area contributed by atoms with Crippen LogP contribution in [-0.2, 0) is 11.3 Å². The van der Waals surface area contributed by atoms with E-state index in [2.05, 4.69) is 31.3 Å². The van der Waals surface area contributed by atoms with E-state index in [0.717, 1.165) is 19.3 Å². The minimum atomic E-state index is -2.64. The number of hydrogen-bond donors (Lipinski definition) is 2. The number of carbonyl (C=O) groups excluding carboxylic acids is 1. The lowest BCUT2D eigenvalue weighted by molar-refractivity contribution is -0.121.